The van der Waals surface area contributed by atoms with Crippen molar-refractivity contribution >= 4 is 15.9 Å². The minimum atomic E-state index is -0.225. The van der Waals surface area contributed by atoms with Gasteiger partial charge in [0.2, 0.25) is 0 Å². The molecule has 5 heteroatoms. The maximum Gasteiger partial charge on any atom is 0.129 e. The fourth-order valence-electron chi connectivity index (χ4n) is 4.04. The van der Waals surface area contributed by atoms with Crippen LogP contribution < -0.4 is 10.1 Å². The largest absolute Gasteiger partial charge is 0.488 e. The number of nitrogens with one attached hydrogen (secondary N) is 1. The van der Waals surface area contributed by atoms with E-state index in [-0.39, 0.29) is 12.4 Å². The average molecular weight is 419 g/mol. The van der Waals surface area contributed by atoms with Crippen LogP contribution in [0.15, 0.2) is 46.9 Å². The number of ether oxygens (including phenoxy) is 1. The van der Waals surface area contributed by atoms with Crippen LogP contribution in [0.1, 0.15) is 24.0 Å². The third-order valence-corrected chi connectivity index (χ3v) is 6.07. The van der Waals surface area contributed by atoms with Crippen molar-refractivity contribution in [1.82, 2.24) is 10.2 Å². The van der Waals surface area contributed by atoms with Crippen LogP contribution in [0.5, 0.6) is 5.75 Å². The lowest BCUT2D eigenvalue weighted by Gasteiger charge is -2.45. The number of hydrogen-bond acceptors (Lipinski definition) is 3. The second-order valence-electron chi connectivity index (χ2n) is 7.26. The van der Waals surface area contributed by atoms with E-state index in [2.05, 4.69) is 32.2 Å². The Morgan fingerprint density at radius 1 is 1.12 bits per heavy atom. The Bertz CT molecular complexity index is 761. The van der Waals surface area contributed by atoms with Crippen molar-refractivity contribution < 1.29 is 9.13 Å². The Morgan fingerprint density at radius 2 is 1.92 bits per heavy atom. The van der Waals surface area contributed by atoms with Crippen LogP contribution in [0.2, 0.25) is 0 Å². The summed E-state index contributed by atoms with van der Waals surface area (Å²) in [6, 6.07) is 13.3. The Kier molecular flexibility index (Phi) is 5.57. The molecule has 0 spiro atoms. The molecule has 3 aliphatic rings. The third kappa shape index (κ3) is 4.11. The first kappa shape index (κ1) is 18.0. The highest BCUT2D eigenvalue weighted by molar-refractivity contribution is 9.10. The van der Waals surface area contributed by atoms with Crippen LogP contribution >= 0.6 is 15.9 Å². The van der Waals surface area contributed by atoms with Gasteiger partial charge in [-0.05, 0) is 56.1 Å². The molecule has 3 heterocycles. The van der Waals surface area contributed by atoms with E-state index in [0.29, 0.717) is 11.6 Å². The Hall–Kier alpha value is -1.43. The van der Waals surface area contributed by atoms with Gasteiger partial charge in [0, 0.05) is 34.7 Å². The lowest BCUT2D eigenvalue weighted by Crippen LogP contribution is -2.55. The van der Waals surface area contributed by atoms with E-state index >= 15 is 0 Å². The molecule has 0 amide bonds. The molecule has 0 radical (unpaired) electrons. The van der Waals surface area contributed by atoms with Crippen LogP contribution in [-0.4, -0.2) is 30.6 Å². The first-order valence-electron chi connectivity index (χ1n) is 9.29. The SMILES string of the molecule is Fc1ccccc1COc1ccc(Br)cc1CNC1CN2CCC1CC2. The van der Waals surface area contributed by atoms with Gasteiger partial charge >= 0.3 is 0 Å². The van der Waals surface area contributed by atoms with Crippen molar-refractivity contribution in [2.45, 2.75) is 32.0 Å². The molecule has 0 aromatic heterocycles. The summed E-state index contributed by atoms with van der Waals surface area (Å²) in [7, 11) is 0. The van der Waals surface area contributed by atoms with Gasteiger partial charge in [-0.2, -0.15) is 0 Å². The van der Waals surface area contributed by atoms with Gasteiger partial charge in [-0.3, -0.25) is 0 Å². The van der Waals surface area contributed by atoms with Crippen LogP contribution in [0.3, 0.4) is 0 Å². The van der Waals surface area contributed by atoms with E-state index in [9.17, 15) is 4.39 Å². The standard InChI is InChI=1S/C21H24BrFN2O/c22-18-5-6-21(26-14-16-3-1-2-4-19(16)23)17(11-18)12-24-20-13-25-9-7-15(20)8-10-25/h1-6,11,15,20,24H,7-10,12-14H2. The number of nitrogens with zero attached hydrogens (tertiary/aromatic N) is 1. The highest BCUT2D eigenvalue weighted by Gasteiger charge is 2.33. The van der Waals surface area contributed by atoms with Crippen molar-refractivity contribution in [2.75, 3.05) is 19.6 Å². The highest BCUT2D eigenvalue weighted by Crippen LogP contribution is 2.29. The molecule has 1 N–H and O–H groups in total. The summed E-state index contributed by atoms with van der Waals surface area (Å²) >= 11 is 3.55. The smallest absolute Gasteiger partial charge is 0.129 e. The first-order valence-corrected chi connectivity index (χ1v) is 10.1. The van der Waals surface area contributed by atoms with E-state index in [4.69, 9.17) is 4.74 Å². The zero-order valence-corrected chi connectivity index (χ0v) is 16.3. The summed E-state index contributed by atoms with van der Waals surface area (Å²) in [5.74, 6) is 1.37. The summed E-state index contributed by atoms with van der Waals surface area (Å²) in [6.45, 7) is 4.64. The molecule has 1 unspecified atom stereocenters. The van der Waals surface area contributed by atoms with E-state index < -0.39 is 0 Å². The molecule has 138 valence electrons. The van der Waals surface area contributed by atoms with Gasteiger partial charge < -0.3 is 15.0 Å². The predicted molar refractivity (Wildman–Crippen MR) is 105 cm³/mol. The molecule has 0 saturated carbocycles. The number of halogens is 2. The number of rotatable bonds is 6. The molecule has 0 aliphatic carbocycles. The normalized spacial score (nSPS) is 24.6. The summed E-state index contributed by atoms with van der Waals surface area (Å²) in [6.07, 6.45) is 2.60. The number of hydrogen-bond donors (Lipinski definition) is 1. The molecule has 2 aromatic rings. The summed E-state index contributed by atoms with van der Waals surface area (Å²) < 4.78 is 20.8. The van der Waals surface area contributed by atoms with Crippen molar-refractivity contribution in [1.29, 1.82) is 0 Å². The van der Waals surface area contributed by atoms with Gasteiger partial charge in [0.25, 0.3) is 0 Å². The minimum absolute atomic E-state index is 0.225. The fraction of sp³-hybridized carbons (Fsp3) is 0.429. The maximum absolute atomic E-state index is 13.8. The van der Waals surface area contributed by atoms with Gasteiger partial charge in [0.1, 0.15) is 18.2 Å². The van der Waals surface area contributed by atoms with E-state index in [0.717, 1.165) is 34.8 Å². The Balaban J connectivity index is 1.42. The second-order valence-corrected chi connectivity index (χ2v) is 8.17. The second kappa shape index (κ2) is 8.07. The molecule has 3 nitrogen and oxygen atoms in total. The van der Waals surface area contributed by atoms with Gasteiger partial charge in [-0.1, -0.05) is 34.1 Å². The van der Waals surface area contributed by atoms with Gasteiger partial charge in [0.05, 0.1) is 0 Å². The van der Waals surface area contributed by atoms with Crippen molar-refractivity contribution in [3.63, 3.8) is 0 Å². The van der Waals surface area contributed by atoms with E-state index in [1.54, 1.807) is 12.1 Å². The lowest BCUT2D eigenvalue weighted by molar-refractivity contribution is 0.0718. The average Bonchev–Trinajstić information content (AvgIpc) is 2.68. The topological polar surface area (TPSA) is 24.5 Å². The van der Waals surface area contributed by atoms with Crippen LogP contribution in [0.25, 0.3) is 0 Å². The molecule has 3 fully saturated rings. The quantitative estimate of drug-likeness (QED) is 0.754. The van der Waals surface area contributed by atoms with E-state index in [1.165, 1.54) is 32.0 Å². The predicted octanol–water partition coefficient (Wildman–Crippen LogP) is 4.35. The van der Waals surface area contributed by atoms with Crippen molar-refractivity contribution in [3.05, 3.63) is 63.9 Å². The highest BCUT2D eigenvalue weighted by atomic mass is 79.9. The van der Waals surface area contributed by atoms with Gasteiger partial charge in [-0.25, -0.2) is 4.39 Å². The number of piperidine rings is 3. The summed E-state index contributed by atoms with van der Waals surface area (Å²) in [5, 5.41) is 3.73. The minimum Gasteiger partial charge on any atom is -0.488 e. The zero-order chi connectivity index (χ0) is 17.9. The van der Waals surface area contributed by atoms with Gasteiger partial charge in [0.15, 0.2) is 0 Å². The molecule has 2 bridgehead atoms. The van der Waals surface area contributed by atoms with Gasteiger partial charge in [-0.15, -0.1) is 0 Å². The third-order valence-electron chi connectivity index (χ3n) is 5.57. The fourth-order valence-corrected chi connectivity index (χ4v) is 4.44. The lowest BCUT2D eigenvalue weighted by atomic mass is 9.84. The van der Waals surface area contributed by atoms with Crippen LogP contribution in [-0.2, 0) is 13.2 Å². The molecular formula is C21H24BrFN2O. The van der Waals surface area contributed by atoms with Crippen LogP contribution in [0.4, 0.5) is 4.39 Å². The number of fused-ring (bicyclic) bond motifs is 3. The molecular weight excluding hydrogens is 395 g/mol. The first-order chi connectivity index (χ1) is 12.7. The molecule has 3 aliphatic heterocycles. The zero-order valence-electron chi connectivity index (χ0n) is 14.8. The molecule has 26 heavy (non-hydrogen) atoms. The van der Waals surface area contributed by atoms with Crippen molar-refractivity contribution in [3.8, 4) is 5.75 Å². The maximum atomic E-state index is 13.8. The van der Waals surface area contributed by atoms with E-state index in [1.807, 2.05) is 18.2 Å². The summed E-state index contributed by atoms with van der Waals surface area (Å²) in [5.41, 5.74) is 1.68. The molecule has 2 aromatic carbocycles. The number of benzene rings is 2. The van der Waals surface area contributed by atoms with Crippen LogP contribution in [0, 0.1) is 11.7 Å². The Morgan fingerprint density at radius 3 is 2.65 bits per heavy atom. The Labute approximate surface area is 162 Å². The molecule has 3 saturated heterocycles. The van der Waals surface area contributed by atoms with Crippen molar-refractivity contribution in [2.24, 2.45) is 5.92 Å². The molecule has 5 rings (SSSR count). The molecule has 1 atom stereocenters. The summed E-state index contributed by atoms with van der Waals surface area (Å²) in [4.78, 5) is 2.55. The monoisotopic (exact) mass is 418 g/mol.